The van der Waals surface area contributed by atoms with Crippen molar-refractivity contribution in [3.63, 3.8) is 0 Å². The van der Waals surface area contributed by atoms with E-state index < -0.39 is 0 Å². The van der Waals surface area contributed by atoms with Crippen molar-refractivity contribution in [1.82, 2.24) is 4.98 Å². The maximum absolute atomic E-state index is 12.2. The Morgan fingerprint density at radius 3 is 2.22 bits per heavy atom. The van der Waals surface area contributed by atoms with Gasteiger partial charge in [-0.05, 0) is 29.3 Å². The Labute approximate surface area is 134 Å². The van der Waals surface area contributed by atoms with Crippen molar-refractivity contribution in [2.45, 2.75) is 0 Å². The van der Waals surface area contributed by atoms with Crippen LogP contribution in [0, 0.1) is 0 Å². The van der Waals surface area contributed by atoms with Crippen molar-refractivity contribution in [2.24, 2.45) is 0 Å². The number of nitrogens with zero attached hydrogens (tertiary/aromatic N) is 1. The SMILES string of the molecule is COc1ccc(NC(=O)c2ccc(-c3ccccc3)cc2)cn1. The second-order valence-corrected chi connectivity index (χ2v) is 4.99. The fourth-order valence-electron chi connectivity index (χ4n) is 2.22. The van der Waals surface area contributed by atoms with Gasteiger partial charge in [0.25, 0.3) is 5.91 Å². The van der Waals surface area contributed by atoms with Crippen molar-refractivity contribution in [2.75, 3.05) is 12.4 Å². The highest BCUT2D eigenvalue weighted by Crippen LogP contribution is 2.20. The van der Waals surface area contributed by atoms with E-state index in [-0.39, 0.29) is 5.91 Å². The number of anilines is 1. The summed E-state index contributed by atoms with van der Waals surface area (Å²) < 4.78 is 4.99. The van der Waals surface area contributed by atoms with Crippen LogP contribution in [-0.2, 0) is 0 Å². The van der Waals surface area contributed by atoms with Crippen molar-refractivity contribution in [3.05, 3.63) is 78.5 Å². The molecule has 1 N–H and O–H groups in total. The minimum atomic E-state index is -0.170. The van der Waals surface area contributed by atoms with Crippen LogP contribution in [0.2, 0.25) is 0 Å². The summed E-state index contributed by atoms with van der Waals surface area (Å²) in [5, 5.41) is 2.81. The lowest BCUT2D eigenvalue weighted by molar-refractivity contribution is 0.102. The first kappa shape index (κ1) is 14.8. The standard InChI is InChI=1S/C19H16N2O2/c1-23-18-12-11-17(13-20-18)21-19(22)16-9-7-15(8-10-16)14-5-3-2-4-6-14/h2-13H,1H3,(H,21,22). The van der Waals surface area contributed by atoms with E-state index >= 15 is 0 Å². The quantitative estimate of drug-likeness (QED) is 0.792. The number of carbonyl (C=O) groups is 1. The molecule has 0 aliphatic carbocycles. The van der Waals surface area contributed by atoms with Gasteiger partial charge < -0.3 is 10.1 Å². The van der Waals surface area contributed by atoms with E-state index in [0.29, 0.717) is 17.1 Å². The third-order valence-corrected chi connectivity index (χ3v) is 3.46. The number of nitrogens with one attached hydrogen (secondary N) is 1. The molecule has 0 saturated carbocycles. The van der Waals surface area contributed by atoms with Crippen LogP contribution in [0.3, 0.4) is 0 Å². The molecule has 0 saturated heterocycles. The van der Waals surface area contributed by atoms with Crippen LogP contribution < -0.4 is 10.1 Å². The van der Waals surface area contributed by atoms with Gasteiger partial charge in [0.15, 0.2) is 0 Å². The molecule has 0 atom stereocenters. The number of hydrogen-bond donors (Lipinski definition) is 1. The van der Waals surface area contributed by atoms with E-state index in [1.807, 2.05) is 54.6 Å². The highest BCUT2D eigenvalue weighted by molar-refractivity contribution is 6.04. The summed E-state index contributed by atoms with van der Waals surface area (Å²) in [6.07, 6.45) is 1.56. The molecule has 23 heavy (non-hydrogen) atoms. The first-order valence-corrected chi connectivity index (χ1v) is 7.23. The summed E-state index contributed by atoms with van der Waals surface area (Å²) in [6, 6.07) is 21.0. The number of benzene rings is 2. The summed E-state index contributed by atoms with van der Waals surface area (Å²) in [5.41, 5.74) is 3.43. The average Bonchev–Trinajstić information content (AvgIpc) is 2.63. The lowest BCUT2D eigenvalue weighted by atomic mass is 10.0. The second-order valence-electron chi connectivity index (χ2n) is 4.99. The van der Waals surface area contributed by atoms with Crippen LogP contribution in [0.15, 0.2) is 72.9 Å². The highest BCUT2D eigenvalue weighted by Gasteiger charge is 2.07. The summed E-state index contributed by atoms with van der Waals surface area (Å²) in [5.74, 6) is 0.340. The molecule has 114 valence electrons. The Hall–Kier alpha value is -3.14. The van der Waals surface area contributed by atoms with Gasteiger partial charge in [0.1, 0.15) is 0 Å². The third kappa shape index (κ3) is 3.55. The molecular formula is C19H16N2O2. The Morgan fingerprint density at radius 2 is 1.61 bits per heavy atom. The minimum Gasteiger partial charge on any atom is -0.481 e. The van der Waals surface area contributed by atoms with Gasteiger partial charge in [0.2, 0.25) is 5.88 Å². The van der Waals surface area contributed by atoms with Gasteiger partial charge in [-0.1, -0.05) is 42.5 Å². The fraction of sp³-hybridized carbons (Fsp3) is 0.0526. The monoisotopic (exact) mass is 304 g/mol. The molecule has 3 rings (SSSR count). The van der Waals surface area contributed by atoms with Gasteiger partial charge in [-0.25, -0.2) is 4.98 Å². The van der Waals surface area contributed by atoms with Gasteiger partial charge in [-0.2, -0.15) is 0 Å². The molecule has 0 fully saturated rings. The van der Waals surface area contributed by atoms with Gasteiger partial charge >= 0.3 is 0 Å². The predicted octanol–water partition coefficient (Wildman–Crippen LogP) is 4.01. The smallest absolute Gasteiger partial charge is 0.255 e. The van der Waals surface area contributed by atoms with Crippen LogP contribution >= 0.6 is 0 Å². The third-order valence-electron chi connectivity index (χ3n) is 3.46. The second kappa shape index (κ2) is 6.75. The molecule has 0 aliphatic rings. The zero-order valence-corrected chi connectivity index (χ0v) is 12.7. The van der Waals surface area contributed by atoms with Crippen molar-refractivity contribution >= 4 is 11.6 Å². The van der Waals surface area contributed by atoms with E-state index in [9.17, 15) is 4.79 Å². The summed E-state index contributed by atoms with van der Waals surface area (Å²) in [4.78, 5) is 16.3. The van der Waals surface area contributed by atoms with E-state index in [0.717, 1.165) is 11.1 Å². The Kier molecular flexibility index (Phi) is 4.34. The summed E-state index contributed by atoms with van der Waals surface area (Å²) in [6.45, 7) is 0. The average molecular weight is 304 g/mol. The normalized spacial score (nSPS) is 10.1. The van der Waals surface area contributed by atoms with Crippen molar-refractivity contribution in [1.29, 1.82) is 0 Å². The largest absolute Gasteiger partial charge is 0.481 e. The molecule has 1 heterocycles. The summed E-state index contributed by atoms with van der Waals surface area (Å²) >= 11 is 0. The number of carbonyl (C=O) groups excluding carboxylic acids is 1. The summed E-state index contributed by atoms with van der Waals surface area (Å²) in [7, 11) is 1.55. The number of ether oxygens (including phenoxy) is 1. The van der Waals surface area contributed by atoms with E-state index in [1.54, 1.807) is 25.4 Å². The zero-order chi connectivity index (χ0) is 16.1. The lowest BCUT2D eigenvalue weighted by Crippen LogP contribution is -2.11. The first-order chi connectivity index (χ1) is 11.3. The molecule has 1 amide bonds. The topological polar surface area (TPSA) is 51.2 Å². The molecule has 0 unspecified atom stereocenters. The van der Waals surface area contributed by atoms with Gasteiger partial charge in [0.05, 0.1) is 19.0 Å². The predicted molar refractivity (Wildman–Crippen MR) is 90.6 cm³/mol. The van der Waals surface area contributed by atoms with Crippen LogP contribution in [-0.4, -0.2) is 18.0 Å². The lowest BCUT2D eigenvalue weighted by Gasteiger charge is -2.07. The highest BCUT2D eigenvalue weighted by atomic mass is 16.5. The zero-order valence-electron chi connectivity index (χ0n) is 12.7. The molecule has 4 heteroatoms. The number of pyridine rings is 1. The molecule has 0 radical (unpaired) electrons. The maximum Gasteiger partial charge on any atom is 0.255 e. The number of hydrogen-bond acceptors (Lipinski definition) is 3. The van der Waals surface area contributed by atoms with E-state index in [4.69, 9.17) is 4.74 Å². The van der Waals surface area contributed by atoms with Crippen LogP contribution in [0.4, 0.5) is 5.69 Å². The molecule has 0 aliphatic heterocycles. The number of methoxy groups -OCH3 is 1. The fourth-order valence-corrected chi connectivity index (χ4v) is 2.22. The van der Waals surface area contributed by atoms with Gasteiger partial charge in [-0.3, -0.25) is 4.79 Å². The number of rotatable bonds is 4. The molecule has 0 bridgehead atoms. The Balaban J connectivity index is 1.72. The molecular weight excluding hydrogens is 288 g/mol. The molecule has 0 spiro atoms. The molecule has 2 aromatic carbocycles. The minimum absolute atomic E-state index is 0.170. The van der Waals surface area contributed by atoms with Gasteiger partial charge in [0, 0.05) is 11.6 Å². The van der Waals surface area contributed by atoms with Crippen LogP contribution in [0.25, 0.3) is 11.1 Å². The van der Waals surface area contributed by atoms with Crippen molar-refractivity contribution in [3.8, 4) is 17.0 Å². The Morgan fingerprint density at radius 1 is 0.913 bits per heavy atom. The van der Waals surface area contributed by atoms with E-state index in [2.05, 4.69) is 10.3 Å². The molecule has 1 aromatic heterocycles. The first-order valence-electron chi connectivity index (χ1n) is 7.23. The number of aromatic nitrogens is 1. The van der Waals surface area contributed by atoms with Crippen LogP contribution in [0.5, 0.6) is 5.88 Å². The van der Waals surface area contributed by atoms with Crippen LogP contribution in [0.1, 0.15) is 10.4 Å². The van der Waals surface area contributed by atoms with E-state index in [1.165, 1.54) is 0 Å². The molecule has 3 aromatic rings. The maximum atomic E-state index is 12.2. The van der Waals surface area contributed by atoms with Crippen molar-refractivity contribution < 1.29 is 9.53 Å². The van der Waals surface area contributed by atoms with Gasteiger partial charge in [-0.15, -0.1) is 0 Å². The molecule has 4 nitrogen and oxygen atoms in total. The Bertz CT molecular complexity index is 782. The number of amides is 1.